The van der Waals surface area contributed by atoms with Gasteiger partial charge in [0.2, 0.25) is 0 Å². The summed E-state index contributed by atoms with van der Waals surface area (Å²) in [6, 6.07) is 7.41. The maximum Gasteiger partial charge on any atom is 0.159 e. The molecule has 0 fully saturated rings. The Labute approximate surface area is 84.5 Å². The minimum Gasteiger partial charge on any atom is -0.363 e. The van der Waals surface area contributed by atoms with Gasteiger partial charge >= 0.3 is 0 Å². The van der Waals surface area contributed by atoms with Crippen LogP contribution in [0.1, 0.15) is 17.3 Å². The van der Waals surface area contributed by atoms with E-state index in [4.69, 9.17) is 6.42 Å². The van der Waals surface area contributed by atoms with Gasteiger partial charge in [0.25, 0.3) is 0 Å². The Hall–Kier alpha value is -1.75. The fourth-order valence-corrected chi connectivity index (χ4v) is 1.18. The fourth-order valence-electron chi connectivity index (χ4n) is 1.18. The molecule has 0 atom stereocenters. The number of hydrogen-bond donors (Lipinski definition) is 0. The Bertz CT molecular complexity index is 359. The van der Waals surface area contributed by atoms with Gasteiger partial charge in [0.15, 0.2) is 5.78 Å². The van der Waals surface area contributed by atoms with Crippen molar-refractivity contribution in [2.45, 2.75) is 6.92 Å². The molecule has 0 aliphatic carbocycles. The van der Waals surface area contributed by atoms with Gasteiger partial charge in [-0.05, 0) is 31.2 Å². The van der Waals surface area contributed by atoms with Crippen molar-refractivity contribution in [2.75, 3.05) is 18.5 Å². The Morgan fingerprint density at radius 1 is 1.43 bits per heavy atom. The minimum absolute atomic E-state index is 0.0798. The van der Waals surface area contributed by atoms with E-state index in [1.54, 1.807) is 6.92 Å². The van der Waals surface area contributed by atoms with Crippen LogP contribution >= 0.6 is 0 Å². The first-order valence-corrected chi connectivity index (χ1v) is 4.40. The van der Waals surface area contributed by atoms with E-state index in [1.165, 1.54) is 0 Å². The van der Waals surface area contributed by atoms with Crippen LogP contribution in [0.2, 0.25) is 0 Å². The molecule has 0 heterocycles. The van der Waals surface area contributed by atoms with Crippen molar-refractivity contribution >= 4 is 11.5 Å². The number of anilines is 1. The van der Waals surface area contributed by atoms with Crippen LogP contribution in [-0.2, 0) is 0 Å². The summed E-state index contributed by atoms with van der Waals surface area (Å²) in [5, 5.41) is 0. The number of terminal acetylenes is 1. The number of carbonyl (C=O) groups is 1. The SMILES string of the molecule is C#CCN(C)c1ccc(C(C)=O)cc1. The highest BCUT2D eigenvalue weighted by Crippen LogP contribution is 2.13. The van der Waals surface area contributed by atoms with Gasteiger partial charge in [-0.2, -0.15) is 0 Å². The normalized spacial score (nSPS) is 9.21. The summed E-state index contributed by atoms with van der Waals surface area (Å²) >= 11 is 0. The van der Waals surface area contributed by atoms with Crippen molar-refractivity contribution in [3.8, 4) is 12.3 Å². The van der Waals surface area contributed by atoms with E-state index in [2.05, 4.69) is 5.92 Å². The quantitative estimate of drug-likeness (QED) is 0.532. The van der Waals surface area contributed by atoms with Gasteiger partial charge in [0.05, 0.1) is 6.54 Å². The number of benzene rings is 1. The summed E-state index contributed by atoms with van der Waals surface area (Å²) < 4.78 is 0. The van der Waals surface area contributed by atoms with Crippen molar-refractivity contribution in [1.82, 2.24) is 0 Å². The zero-order valence-corrected chi connectivity index (χ0v) is 8.45. The van der Waals surface area contributed by atoms with E-state index in [0.717, 1.165) is 11.3 Å². The summed E-state index contributed by atoms with van der Waals surface area (Å²) in [4.78, 5) is 13.0. The minimum atomic E-state index is 0.0798. The van der Waals surface area contributed by atoms with Crippen LogP contribution in [-0.4, -0.2) is 19.4 Å². The molecule has 0 unspecified atom stereocenters. The lowest BCUT2D eigenvalue weighted by Gasteiger charge is -2.15. The summed E-state index contributed by atoms with van der Waals surface area (Å²) in [7, 11) is 1.92. The second-order valence-electron chi connectivity index (χ2n) is 3.16. The first-order valence-electron chi connectivity index (χ1n) is 4.40. The van der Waals surface area contributed by atoms with Gasteiger partial charge in [-0.25, -0.2) is 0 Å². The van der Waals surface area contributed by atoms with Crippen LogP contribution < -0.4 is 4.90 Å². The van der Waals surface area contributed by atoms with Gasteiger partial charge < -0.3 is 4.90 Å². The van der Waals surface area contributed by atoms with Crippen LogP contribution in [0.3, 0.4) is 0 Å². The third kappa shape index (κ3) is 2.37. The molecule has 1 rings (SSSR count). The molecule has 0 amide bonds. The topological polar surface area (TPSA) is 20.3 Å². The maximum absolute atomic E-state index is 11.0. The largest absolute Gasteiger partial charge is 0.363 e. The molecule has 0 spiro atoms. The number of ketones is 1. The van der Waals surface area contributed by atoms with Gasteiger partial charge in [-0.1, -0.05) is 5.92 Å². The lowest BCUT2D eigenvalue weighted by atomic mass is 10.1. The molecule has 0 saturated carbocycles. The molecule has 0 aliphatic rings. The van der Waals surface area contributed by atoms with E-state index >= 15 is 0 Å². The monoisotopic (exact) mass is 187 g/mol. The van der Waals surface area contributed by atoms with E-state index in [1.807, 2.05) is 36.2 Å². The predicted octanol–water partition coefficient (Wildman–Crippen LogP) is 1.96. The van der Waals surface area contributed by atoms with Crippen molar-refractivity contribution in [2.24, 2.45) is 0 Å². The molecule has 1 aromatic rings. The van der Waals surface area contributed by atoms with Crippen molar-refractivity contribution in [1.29, 1.82) is 0 Å². The summed E-state index contributed by atoms with van der Waals surface area (Å²) in [6.45, 7) is 2.12. The summed E-state index contributed by atoms with van der Waals surface area (Å²) in [5.41, 5.74) is 1.75. The first kappa shape index (κ1) is 10.3. The van der Waals surface area contributed by atoms with Crippen molar-refractivity contribution in [3.05, 3.63) is 29.8 Å². The van der Waals surface area contributed by atoms with Crippen LogP contribution in [0.25, 0.3) is 0 Å². The van der Waals surface area contributed by atoms with E-state index < -0.39 is 0 Å². The highest BCUT2D eigenvalue weighted by Gasteiger charge is 2.01. The first-order chi connectivity index (χ1) is 6.65. The number of hydrogen-bond acceptors (Lipinski definition) is 2. The second-order valence-corrected chi connectivity index (χ2v) is 3.16. The van der Waals surface area contributed by atoms with Crippen molar-refractivity contribution in [3.63, 3.8) is 0 Å². The molecule has 0 radical (unpaired) electrons. The van der Waals surface area contributed by atoms with E-state index in [9.17, 15) is 4.79 Å². The van der Waals surface area contributed by atoms with Crippen LogP contribution in [0, 0.1) is 12.3 Å². The Morgan fingerprint density at radius 2 is 2.00 bits per heavy atom. The number of carbonyl (C=O) groups excluding carboxylic acids is 1. The molecule has 72 valence electrons. The molecule has 0 N–H and O–H groups in total. The zero-order valence-electron chi connectivity index (χ0n) is 8.45. The average molecular weight is 187 g/mol. The third-order valence-electron chi connectivity index (χ3n) is 2.04. The van der Waals surface area contributed by atoms with Crippen LogP contribution in [0.15, 0.2) is 24.3 Å². The van der Waals surface area contributed by atoms with Gasteiger partial charge in [-0.3, -0.25) is 4.79 Å². The molecule has 14 heavy (non-hydrogen) atoms. The third-order valence-corrected chi connectivity index (χ3v) is 2.04. The standard InChI is InChI=1S/C12H13NO/c1-4-9-13(3)12-7-5-11(6-8-12)10(2)14/h1,5-8H,9H2,2-3H3. The van der Waals surface area contributed by atoms with E-state index in [-0.39, 0.29) is 5.78 Å². The molecular weight excluding hydrogens is 174 g/mol. The molecule has 2 heteroatoms. The zero-order chi connectivity index (χ0) is 10.6. The van der Waals surface area contributed by atoms with Crippen LogP contribution in [0.4, 0.5) is 5.69 Å². The Morgan fingerprint density at radius 3 is 2.43 bits per heavy atom. The smallest absolute Gasteiger partial charge is 0.159 e. The summed E-state index contributed by atoms with van der Waals surface area (Å²) in [5.74, 6) is 2.64. The number of Topliss-reactive ketones (excluding diaryl/α,β-unsaturated/α-hetero) is 1. The molecule has 1 aromatic carbocycles. The second kappa shape index (κ2) is 4.48. The van der Waals surface area contributed by atoms with Gasteiger partial charge in [-0.15, -0.1) is 6.42 Å². The van der Waals surface area contributed by atoms with Crippen molar-refractivity contribution < 1.29 is 4.79 Å². The average Bonchev–Trinajstić information content (AvgIpc) is 2.18. The number of nitrogens with zero attached hydrogens (tertiary/aromatic N) is 1. The lowest BCUT2D eigenvalue weighted by molar-refractivity contribution is 0.101. The van der Waals surface area contributed by atoms with E-state index in [0.29, 0.717) is 6.54 Å². The molecular formula is C12H13NO. The van der Waals surface area contributed by atoms with Crippen LogP contribution in [0.5, 0.6) is 0 Å². The van der Waals surface area contributed by atoms with Gasteiger partial charge in [0.1, 0.15) is 0 Å². The Balaban J connectivity index is 2.84. The molecule has 0 aromatic heterocycles. The lowest BCUT2D eigenvalue weighted by Crippen LogP contribution is -2.16. The maximum atomic E-state index is 11.0. The molecule has 0 aliphatic heterocycles. The fraction of sp³-hybridized carbons (Fsp3) is 0.250. The Kier molecular flexibility index (Phi) is 3.30. The molecule has 0 saturated heterocycles. The highest BCUT2D eigenvalue weighted by molar-refractivity contribution is 5.94. The molecule has 0 bridgehead atoms. The van der Waals surface area contributed by atoms with Gasteiger partial charge in [0, 0.05) is 18.3 Å². The highest BCUT2D eigenvalue weighted by atomic mass is 16.1. The molecule has 2 nitrogen and oxygen atoms in total. The predicted molar refractivity (Wildman–Crippen MR) is 58.5 cm³/mol. The number of rotatable bonds is 3. The summed E-state index contributed by atoms with van der Waals surface area (Å²) in [6.07, 6.45) is 5.20.